The summed E-state index contributed by atoms with van der Waals surface area (Å²) in [5, 5.41) is 6.95. The SMILES string of the molecule is CN=C(NCC1CCCO1)NCC1CCCN(C)C1c1ccc(OC)cc1.I. The highest BCUT2D eigenvalue weighted by Crippen LogP contribution is 2.35. The van der Waals surface area contributed by atoms with E-state index in [2.05, 4.69) is 51.8 Å². The van der Waals surface area contributed by atoms with Crippen LogP contribution in [0, 0.1) is 5.92 Å². The fourth-order valence-electron chi connectivity index (χ4n) is 4.27. The van der Waals surface area contributed by atoms with E-state index < -0.39 is 0 Å². The molecule has 158 valence electrons. The number of aliphatic imine (C=N–C) groups is 1. The number of guanidine groups is 1. The number of rotatable bonds is 6. The third-order valence-electron chi connectivity index (χ3n) is 5.74. The maximum Gasteiger partial charge on any atom is 0.191 e. The van der Waals surface area contributed by atoms with Crippen molar-refractivity contribution in [3.8, 4) is 5.75 Å². The number of nitrogens with one attached hydrogen (secondary N) is 2. The van der Waals surface area contributed by atoms with Crippen molar-refractivity contribution in [2.75, 3.05) is 47.4 Å². The Labute approximate surface area is 186 Å². The Morgan fingerprint density at radius 1 is 1.18 bits per heavy atom. The average molecular weight is 502 g/mol. The van der Waals surface area contributed by atoms with Gasteiger partial charge in [0.05, 0.1) is 13.2 Å². The molecule has 2 saturated heterocycles. The Balaban J connectivity index is 0.00000280. The summed E-state index contributed by atoms with van der Waals surface area (Å²) in [5.41, 5.74) is 1.35. The van der Waals surface area contributed by atoms with E-state index in [-0.39, 0.29) is 24.0 Å². The van der Waals surface area contributed by atoms with Gasteiger partial charge in [-0.15, -0.1) is 24.0 Å². The first-order chi connectivity index (χ1) is 13.2. The largest absolute Gasteiger partial charge is 0.497 e. The molecule has 0 spiro atoms. The molecule has 3 atom stereocenters. The lowest BCUT2D eigenvalue weighted by Gasteiger charge is -2.40. The fraction of sp³-hybridized carbons (Fsp3) is 0.667. The van der Waals surface area contributed by atoms with Gasteiger partial charge in [-0.3, -0.25) is 9.89 Å². The van der Waals surface area contributed by atoms with Gasteiger partial charge in [-0.1, -0.05) is 12.1 Å². The lowest BCUT2D eigenvalue weighted by atomic mass is 9.85. The van der Waals surface area contributed by atoms with Crippen LogP contribution >= 0.6 is 24.0 Å². The predicted octanol–water partition coefficient (Wildman–Crippen LogP) is 3.04. The second kappa shape index (κ2) is 11.8. The molecule has 0 radical (unpaired) electrons. The van der Waals surface area contributed by atoms with Gasteiger partial charge < -0.3 is 20.1 Å². The van der Waals surface area contributed by atoms with E-state index in [0.717, 1.165) is 50.8 Å². The molecule has 2 heterocycles. The number of halogens is 1. The zero-order valence-corrected chi connectivity index (χ0v) is 19.6. The van der Waals surface area contributed by atoms with Gasteiger partial charge in [-0.2, -0.15) is 0 Å². The van der Waals surface area contributed by atoms with Crippen molar-refractivity contribution >= 4 is 29.9 Å². The molecule has 2 aliphatic rings. The highest BCUT2D eigenvalue weighted by atomic mass is 127. The van der Waals surface area contributed by atoms with E-state index >= 15 is 0 Å². The van der Waals surface area contributed by atoms with Crippen molar-refractivity contribution < 1.29 is 9.47 Å². The topological polar surface area (TPSA) is 58.1 Å². The molecule has 0 amide bonds. The Bertz CT molecular complexity index is 605. The highest BCUT2D eigenvalue weighted by Gasteiger charge is 2.30. The number of hydrogen-bond donors (Lipinski definition) is 2. The third-order valence-corrected chi connectivity index (χ3v) is 5.74. The van der Waals surface area contributed by atoms with Crippen LogP contribution < -0.4 is 15.4 Å². The molecule has 6 nitrogen and oxygen atoms in total. The van der Waals surface area contributed by atoms with Gasteiger partial charge in [0.25, 0.3) is 0 Å². The summed E-state index contributed by atoms with van der Waals surface area (Å²) >= 11 is 0. The van der Waals surface area contributed by atoms with E-state index in [1.165, 1.54) is 18.4 Å². The Morgan fingerprint density at radius 3 is 2.57 bits per heavy atom. The summed E-state index contributed by atoms with van der Waals surface area (Å²) in [5.74, 6) is 2.32. The van der Waals surface area contributed by atoms with Crippen molar-refractivity contribution in [3.63, 3.8) is 0 Å². The molecule has 2 fully saturated rings. The fourth-order valence-corrected chi connectivity index (χ4v) is 4.27. The van der Waals surface area contributed by atoms with E-state index in [1.54, 1.807) is 7.11 Å². The Kier molecular flexibility index (Phi) is 9.81. The minimum atomic E-state index is 0. The highest BCUT2D eigenvalue weighted by molar-refractivity contribution is 14.0. The van der Waals surface area contributed by atoms with Crippen LogP contribution in [-0.4, -0.2) is 64.4 Å². The molecule has 0 aromatic heterocycles. The summed E-state index contributed by atoms with van der Waals surface area (Å²) in [4.78, 5) is 6.85. The van der Waals surface area contributed by atoms with Gasteiger partial charge >= 0.3 is 0 Å². The summed E-state index contributed by atoms with van der Waals surface area (Å²) in [6, 6.07) is 8.92. The van der Waals surface area contributed by atoms with Crippen LogP contribution in [0.25, 0.3) is 0 Å². The first-order valence-corrected chi connectivity index (χ1v) is 10.1. The normalized spacial score (nSPS) is 25.8. The molecule has 2 N–H and O–H groups in total. The number of nitrogens with zero attached hydrogens (tertiary/aromatic N) is 2. The van der Waals surface area contributed by atoms with Crippen LogP contribution in [0.15, 0.2) is 29.3 Å². The maximum atomic E-state index is 5.69. The molecular formula is C21H35IN4O2. The van der Waals surface area contributed by atoms with Gasteiger partial charge in [0, 0.05) is 32.8 Å². The second-order valence-electron chi connectivity index (χ2n) is 7.57. The zero-order valence-electron chi connectivity index (χ0n) is 17.3. The minimum Gasteiger partial charge on any atom is -0.497 e. The van der Waals surface area contributed by atoms with Gasteiger partial charge in [-0.25, -0.2) is 0 Å². The first-order valence-electron chi connectivity index (χ1n) is 10.1. The van der Waals surface area contributed by atoms with Gasteiger partial charge in [0.2, 0.25) is 0 Å². The van der Waals surface area contributed by atoms with Crippen LogP contribution in [0.4, 0.5) is 0 Å². The quantitative estimate of drug-likeness (QED) is 0.356. The second-order valence-corrected chi connectivity index (χ2v) is 7.57. The molecule has 2 aliphatic heterocycles. The standard InChI is InChI=1S/C21H34N4O2.HI/c1-22-21(24-15-19-7-5-13-27-19)23-14-17-6-4-12-25(2)20(17)16-8-10-18(26-3)11-9-16;/h8-11,17,19-20H,4-7,12-15H2,1-3H3,(H2,22,23,24);1H. The number of ether oxygens (including phenoxy) is 2. The number of hydrogen-bond acceptors (Lipinski definition) is 4. The van der Waals surface area contributed by atoms with Crippen LogP contribution in [0.3, 0.4) is 0 Å². The number of benzene rings is 1. The minimum absolute atomic E-state index is 0. The van der Waals surface area contributed by atoms with Gasteiger partial charge in [0.1, 0.15) is 5.75 Å². The van der Waals surface area contributed by atoms with E-state index in [0.29, 0.717) is 18.1 Å². The molecule has 3 unspecified atom stereocenters. The Hall–Kier alpha value is -1.06. The van der Waals surface area contributed by atoms with Crippen LogP contribution in [0.2, 0.25) is 0 Å². The summed E-state index contributed by atoms with van der Waals surface area (Å²) in [7, 11) is 5.77. The van der Waals surface area contributed by atoms with Crippen molar-refractivity contribution in [1.29, 1.82) is 0 Å². The number of piperidine rings is 1. The lowest BCUT2D eigenvalue weighted by Crippen LogP contribution is -2.46. The summed E-state index contributed by atoms with van der Waals surface area (Å²) in [6.45, 7) is 3.76. The molecule has 7 heteroatoms. The predicted molar refractivity (Wildman–Crippen MR) is 125 cm³/mol. The molecular weight excluding hydrogens is 467 g/mol. The van der Waals surface area contributed by atoms with Crippen LogP contribution in [-0.2, 0) is 4.74 Å². The average Bonchev–Trinajstić information content (AvgIpc) is 3.22. The Morgan fingerprint density at radius 2 is 1.93 bits per heavy atom. The summed E-state index contributed by atoms with van der Waals surface area (Å²) in [6.07, 6.45) is 5.07. The molecule has 3 rings (SSSR count). The molecule has 0 bridgehead atoms. The molecule has 1 aromatic carbocycles. The van der Waals surface area contributed by atoms with Crippen molar-refractivity contribution in [3.05, 3.63) is 29.8 Å². The van der Waals surface area contributed by atoms with Gasteiger partial charge in [-0.05, 0) is 62.9 Å². The van der Waals surface area contributed by atoms with Gasteiger partial charge in [0.15, 0.2) is 5.96 Å². The third kappa shape index (κ3) is 6.22. The lowest BCUT2D eigenvalue weighted by molar-refractivity contribution is 0.113. The molecule has 0 saturated carbocycles. The maximum absolute atomic E-state index is 5.69. The van der Waals surface area contributed by atoms with Crippen LogP contribution in [0.5, 0.6) is 5.75 Å². The molecule has 28 heavy (non-hydrogen) atoms. The van der Waals surface area contributed by atoms with Crippen molar-refractivity contribution in [2.45, 2.75) is 37.8 Å². The molecule has 1 aromatic rings. The monoisotopic (exact) mass is 502 g/mol. The van der Waals surface area contributed by atoms with Crippen molar-refractivity contribution in [2.24, 2.45) is 10.9 Å². The number of methoxy groups -OCH3 is 1. The van der Waals surface area contributed by atoms with Crippen LogP contribution in [0.1, 0.15) is 37.3 Å². The van der Waals surface area contributed by atoms with E-state index in [9.17, 15) is 0 Å². The smallest absolute Gasteiger partial charge is 0.191 e. The zero-order chi connectivity index (χ0) is 19.1. The van der Waals surface area contributed by atoms with E-state index in [1.807, 2.05) is 7.05 Å². The molecule has 0 aliphatic carbocycles. The summed E-state index contributed by atoms with van der Waals surface area (Å²) < 4.78 is 11.0. The van der Waals surface area contributed by atoms with E-state index in [4.69, 9.17) is 9.47 Å². The first kappa shape index (κ1) is 23.2. The van der Waals surface area contributed by atoms with Crippen molar-refractivity contribution in [1.82, 2.24) is 15.5 Å². The number of likely N-dealkylation sites (tertiary alicyclic amines) is 1.